The number of aromatic nitrogens is 4. The van der Waals surface area contributed by atoms with E-state index in [4.69, 9.17) is 19.2 Å². The lowest BCUT2D eigenvalue weighted by Crippen LogP contribution is -2.12. The SMILES string of the molecule is COCCOc1c(C)cc(-c2nc(=O)c3c(OC)cc4[nH]ccnc4c3n2)cc1C. The third-order valence-electron chi connectivity index (χ3n) is 4.87. The summed E-state index contributed by atoms with van der Waals surface area (Å²) in [6, 6.07) is 5.56. The second kappa shape index (κ2) is 8.08. The highest BCUT2D eigenvalue weighted by molar-refractivity contribution is 6.04. The Hall–Kier alpha value is -3.52. The van der Waals surface area contributed by atoms with Crippen molar-refractivity contribution in [3.05, 3.63) is 52.1 Å². The van der Waals surface area contributed by atoms with E-state index in [2.05, 4.69) is 15.0 Å². The van der Waals surface area contributed by atoms with Crippen molar-refractivity contribution >= 4 is 21.9 Å². The van der Waals surface area contributed by atoms with Crippen LogP contribution in [-0.2, 0) is 4.74 Å². The highest BCUT2D eigenvalue weighted by Crippen LogP contribution is 2.31. The van der Waals surface area contributed by atoms with Crippen molar-refractivity contribution < 1.29 is 14.2 Å². The Kier molecular flexibility index (Phi) is 5.33. The smallest absolute Gasteiger partial charge is 0.285 e. The number of hydrogen-bond donors (Lipinski definition) is 1. The number of aryl methyl sites for hydroxylation is 2. The summed E-state index contributed by atoms with van der Waals surface area (Å²) < 4.78 is 16.3. The lowest BCUT2D eigenvalue weighted by molar-refractivity contribution is 0.145. The van der Waals surface area contributed by atoms with Gasteiger partial charge in [-0.2, -0.15) is 4.98 Å². The van der Waals surface area contributed by atoms with Crippen molar-refractivity contribution in [3.8, 4) is 22.9 Å². The molecule has 4 aromatic rings. The van der Waals surface area contributed by atoms with Crippen LogP contribution in [0.25, 0.3) is 33.3 Å². The van der Waals surface area contributed by atoms with Gasteiger partial charge >= 0.3 is 0 Å². The number of rotatable bonds is 6. The van der Waals surface area contributed by atoms with Gasteiger partial charge in [0.25, 0.3) is 5.56 Å². The number of ether oxygens (including phenoxy) is 3. The van der Waals surface area contributed by atoms with Crippen molar-refractivity contribution in [1.82, 2.24) is 19.9 Å². The van der Waals surface area contributed by atoms with Gasteiger partial charge in [0.05, 0.1) is 19.2 Å². The zero-order valence-electron chi connectivity index (χ0n) is 17.3. The predicted octanol–water partition coefficient (Wildman–Crippen LogP) is 3.18. The van der Waals surface area contributed by atoms with Crippen LogP contribution in [0, 0.1) is 13.8 Å². The number of methoxy groups -OCH3 is 2. The van der Waals surface area contributed by atoms with Crippen LogP contribution in [0.3, 0.4) is 0 Å². The molecule has 8 nitrogen and oxygen atoms in total. The molecule has 8 heteroatoms. The van der Waals surface area contributed by atoms with Crippen LogP contribution in [0.15, 0.2) is 35.4 Å². The second-order valence-electron chi connectivity index (χ2n) is 6.92. The molecular formula is C22H22N4O4. The van der Waals surface area contributed by atoms with E-state index in [0.29, 0.717) is 41.2 Å². The van der Waals surface area contributed by atoms with Crippen LogP contribution >= 0.6 is 0 Å². The van der Waals surface area contributed by atoms with Crippen molar-refractivity contribution in [2.45, 2.75) is 13.8 Å². The quantitative estimate of drug-likeness (QED) is 0.388. The standard InChI is InChI=1S/C22H22N4O4/c1-12-9-14(10-13(2)20(12)30-8-7-28-3)21-25-19-17(22(27)26-21)16(29-4)11-15-18(19)24-6-5-23-15/h5-6,9-11,23H,7-8H2,1-4H3. The molecule has 0 spiro atoms. The fourth-order valence-electron chi connectivity index (χ4n) is 3.54. The average Bonchev–Trinajstić information content (AvgIpc) is 2.74. The molecule has 0 atom stereocenters. The second-order valence-corrected chi connectivity index (χ2v) is 6.92. The Morgan fingerprint density at radius 3 is 2.47 bits per heavy atom. The van der Waals surface area contributed by atoms with E-state index < -0.39 is 5.56 Å². The van der Waals surface area contributed by atoms with Crippen molar-refractivity contribution in [1.29, 1.82) is 0 Å². The van der Waals surface area contributed by atoms with E-state index in [1.807, 2.05) is 26.0 Å². The number of nitrogens with zero attached hydrogens (tertiary/aromatic N) is 3. The van der Waals surface area contributed by atoms with Crippen LogP contribution in [0.1, 0.15) is 11.1 Å². The molecule has 0 saturated carbocycles. The maximum Gasteiger partial charge on any atom is 0.285 e. The molecule has 0 bridgehead atoms. The van der Waals surface area contributed by atoms with E-state index in [1.165, 1.54) is 7.11 Å². The summed E-state index contributed by atoms with van der Waals surface area (Å²) in [5.41, 5.74) is 3.95. The molecule has 2 aromatic carbocycles. The summed E-state index contributed by atoms with van der Waals surface area (Å²) in [5.74, 6) is 1.54. The summed E-state index contributed by atoms with van der Waals surface area (Å²) >= 11 is 0. The zero-order chi connectivity index (χ0) is 21.3. The van der Waals surface area contributed by atoms with Crippen molar-refractivity contribution in [2.75, 3.05) is 27.4 Å². The largest absolute Gasteiger partial charge is 0.496 e. The van der Waals surface area contributed by atoms with Gasteiger partial charge in [0, 0.05) is 31.1 Å². The molecule has 1 N–H and O–H groups in total. The van der Waals surface area contributed by atoms with E-state index in [9.17, 15) is 4.79 Å². The van der Waals surface area contributed by atoms with Gasteiger partial charge in [-0.1, -0.05) is 0 Å². The van der Waals surface area contributed by atoms with Crippen molar-refractivity contribution in [2.24, 2.45) is 0 Å². The van der Waals surface area contributed by atoms with Gasteiger partial charge < -0.3 is 19.2 Å². The first-order valence-electron chi connectivity index (χ1n) is 9.49. The zero-order valence-corrected chi connectivity index (χ0v) is 17.3. The summed E-state index contributed by atoms with van der Waals surface area (Å²) in [7, 11) is 3.15. The molecule has 0 amide bonds. The third kappa shape index (κ3) is 3.46. The fourth-order valence-corrected chi connectivity index (χ4v) is 3.54. The molecule has 0 saturated heterocycles. The summed E-state index contributed by atoms with van der Waals surface area (Å²) in [5, 5.41) is 0.314. The monoisotopic (exact) mass is 406 g/mol. The van der Waals surface area contributed by atoms with Crippen molar-refractivity contribution in [3.63, 3.8) is 0 Å². The van der Waals surface area contributed by atoms with E-state index >= 15 is 0 Å². The van der Waals surface area contributed by atoms with Crippen LogP contribution in [0.4, 0.5) is 0 Å². The number of hydrogen-bond acceptors (Lipinski definition) is 7. The van der Waals surface area contributed by atoms with Crippen LogP contribution in [-0.4, -0.2) is 47.4 Å². The first-order valence-corrected chi connectivity index (χ1v) is 9.49. The van der Waals surface area contributed by atoms with Gasteiger partial charge in [0.1, 0.15) is 34.5 Å². The molecular weight excluding hydrogens is 384 g/mol. The summed E-state index contributed by atoms with van der Waals surface area (Å²) in [6.45, 7) is 4.87. The normalized spacial score (nSPS) is 11.2. The first-order chi connectivity index (χ1) is 14.5. The average molecular weight is 406 g/mol. The van der Waals surface area contributed by atoms with Crippen LogP contribution in [0.5, 0.6) is 11.5 Å². The van der Waals surface area contributed by atoms with Crippen LogP contribution < -0.4 is 15.0 Å². The molecule has 2 aromatic heterocycles. The molecule has 0 aliphatic heterocycles. The Morgan fingerprint density at radius 1 is 1.00 bits per heavy atom. The van der Waals surface area contributed by atoms with E-state index in [1.54, 1.807) is 25.6 Å². The van der Waals surface area contributed by atoms with Gasteiger partial charge in [0.15, 0.2) is 5.82 Å². The lowest BCUT2D eigenvalue weighted by atomic mass is 10.0. The Labute approximate surface area is 172 Å². The Morgan fingerprint density at radius 2 is 1.77 bits per heavy atom. The number of fused-ring (bicyclic) bond motifs is 3. The number of benzene rings is 2. The fraction of sp³-hybridized carbons (Fsp3) is 0.273. The van der Waals surface area contributed by atoms with Gasteiger partial charge in [-0.05, 0) is 37.1 Å². The number of H-pyrrole nitrogens is 1. The molecule has 30 heavy (non-hydrogen) atoms. The third-order valence-corrected chi connectivity index (χ3v) is 4.87. The molecule has 154 valence electrons. The van der Waals surface area contributed by atoms with E-state index in [-0.39, 0.29) is 0 Å². The van der Waals surface area contributed by atoms with Gasteiger partial charge in [0.2, 0.25) is 0 Å². The molecule has 4 rings (SSSR count). The van der Waals surface area contributed by atoms with Crippen LogP contribution in [0.2, 0.25) is 0 Å². The topological polar surface area (TPSA) is 99.2 Å². The maximum absolute atomic E-state index is 12.9. The first kappa shape index (κ1) is 19.8. The minimum absolute atomic E-state index is 0.314. The number of nitrogens with one attached hydrogen (secondary N) is 1. The lowest BCUT2D eigenvalue weighted by Gasteiger charge is -2.14. The highest BCUT2D eigenvalue weighted by atomic mass is 16.5. The van der Waals surface area contributed by atoms with Gasteiger partial charge in [-0.3, -0.25) is 9.78 Å². The summed E-state index contributed by atoms with van der Waals surface area (Å²) in [4.78, 5) is 29.3. The van der Waals surface area contributed by atoms with Gasteiger partial charge in [-0.25, -0.2) is 4.98 Å². The summed E-state index contributed by atoms with van der Waals surface area (Å²) in [6.07, 6.45) is 3.34. The Balaban J connectivity index is 1.90. The van der Waals surface area contributed by atoms with Gasteiger partial charge in [-0.15, -0.1) is 0 Å². The maximum atomic E-state index is 12.9. The minimum atomic E-state index is -0.407. The minimum Gasteiger partial charge on any atom is -0.496 e. The highest BCUT2D eigenvalue weighted by Gasteiger charge is 2.17. The number of aromatic amines is 1. The molecule has 0 unspecified atom stereocenters. The molecule has 0 fully saturated rings. The van der Waals surface area contributed by atoms with E-state index in [0.717, 1.165) is 28.0 Å². The Bertz CT molecular complexity index is 1280. The molecule has 0 aliphatic carbocycles. The molecule has 0 radical (unpaired) electrons. The molecule has 2 heterocycles. The molecule has 0 aliphatic rings. The predicted molar refractivity (Wildman–Crippen MR) is 114 cm³/mol.